The molecule has 1 aromatic heterocycles. The maximum absolute atomic E-state index is 10.9. The summed E-state index contributed by atoms with van der Waals surface area (Å²) in [4.78, 5) is 10.9. The number of carboxylic acids is 1. The van der Waals surface area contributed by atoms with Gasteiger partial charge in [0.05, 0.1) is 24.3 Å². The van der Waals surface area contributed by atoms with Crippen molar-refractivity contribution >= 4 is 5.97 Å². The first kappa shape index (κ1) is 14.1. The third kappa shape index (κ3) is 2.97. The van der Waals surface area contributed by atoms with Gasteiger partial charge in [-0.1, -0.05) is 19.3 Å². The van der Waals surface area contributed by atoms with Crippen molar-refractivity contribution in [2.45, 2.75) is 64.5 Å². The van der Waals surface area contributed by atoms with E-state index in [0.29, 0.717) is 0 Å². The van der Waals surface area contributed by atoms with Crippen molar-refractivity contribution in [3.8, 4) is 0 Å². The molecule has 19 heavy (non-hydrogen) atoms. The van der Waals surface area contributed by atoms with Crippen molar-refractivity contribution < 1.29 is 15.0 Å². The van der Waals surface area contributed by atoms with Crippen molar-refractivity contribution in [3.05, 3.63) is 17.0 Å². The standard InChI is InChI=1S/C14H22N2O3/c1-9-11(8-14(18)19)10(2)16(15-9)12-6-4-3-5-7-13(12)17/h12-13,17H,3-8H2,1-2H3,(H,18,19). The molecule has 0 spiro atoms. The molecule has 1 aromatic rings. The van der Waals surface area contributed by atoms with E-state index >= 15 is 0 Å². The number of aliphatic carboxylic acids is 1. The van der Waals surface area contributed by atoms with E-state index in [4.69, 9.17) is 5.11 Å². The highest BCUT2D eigenvalue weighted by Gasteiger charge is 2.27. The van der Waals surface area contributed by atoms with Crippen LogP contribution in [0.3, 0.4) is 0 Å². The maximum Gasteiger partial charge on any atom is 0.307 e. The van der Waals surface area contributed by atoms with Gasteiger partial charge in [-0.25, -0.2) is 0 Å². The van der Waals surface area contributed by atoms with Crippen LogP contribution in [0.5, 0.6) is 0 Å². The summed E-state index contributed by atoms with van der Waals surface area (Å²) in [6, 6.07) is -0.0104. The fourth-order valence-electron chi connectivity index (χ4n) is 2.98. The predicted molar refractivity (Wildman–Crippen MR) is 71.2 cm³/mol. The summed E-state index contributed by atoms with van der Waals surface area (Å²) in [5.41, 5.74) is 2.42. The van der Waals surface area contributed by atoms with Gasteiger partial charge in [0.25, 0.3) is 0 Å². The van der Waals surface area contributed by atoms with Crippen LogP contribution in [0.25, 0.3) is 0 Å². The van der Waals surface area contributed by atoms with Crippen LogP contribution in [-0.4, -0.2) is 32.1 Å². The van der Waals surface area contributed by atoms with Crippen LogP contribution in [0.4, 0.5) is 0 Å². The second-order valence-corrected chi connectivity index (χ2v) is 5.44. The van der Waals surface area contributed by atoms with E-state index < -0.39 is 5.97 Å². The van der Waals surface area contributed by atoms with Gasteiger partial charge in [-0.15, -0.1) is 0 Å². The fourth-order valence-corrected chi connectivity index (χ4v) is 2.98. The van der Waals surface area contributed by atoms with Gasteiger partial charge in [0, 0.05) is 11.3 Å². The first-order valence-corrected chi connectivity index (χ1v) is 6.95. The molecule has 5 nitrogen and oxygen atoms in total. The second-order valence-electron chi connectivity index (χ2n) is 5.44. The summed E-state index contributed by atoms with van der Waals surface area (Å²) in [6.07, 6.45) is 4.63. The average molecular weight is 266 g/mol. The molecule has 1 heterocycles. The lowest BCUT2D eigenvalue weighted by atomic mass is 10.1. The molecule has 106 valence electrons. The molecule has 2 N–H and O–H groups in total. The minimum absolute atomic E-state index is 0.000478. The van der Waals surface area contributed by atoms with Gasteiger partial charge in [0.15, 0.2) is 0 Å². The average Bonchev–Trinajstić information content (AvgIpc) is 2.54. The van der Waals surface area contributed by atoms with E-state index in [1.54, 1.807) is 0 Å². The number of aryl methyl sites for hydroxylation is 1. The number of nitrogens with zero attached hydrogens (tertiary/aromatic N) is 2. The molecule has 1 aliphatic carbocycles. The predicted octanol–water partition coefficient (Wildman–Crippen LogP) is 1.99. The molecule has 5 heteroatoms. The van der Waals surface area contributed by atoms with Crippen molar-refractivity contribution in [1.29, 1.82) is 0 Å². The summed E-state index contributed by atoms with van der Waals surface area (Å²) in [7, 11) is 0. The Balaban J connectivity index is 2.31. The van der Waals surface area contributed by atoms with Crippen molar-refractivity contribution in [2.24, 2.45) is 0 Å². The van der Waals surface area contributed by atoms with Gasteiger partial charge in [-0.3, -0.25) is 9.48 Å². The quantitative estimate of drug-likeness (QED) is 0.820. The second kappa shape index (κ2) is 5.74. The Kier molecular flexibility index (Phi) is 4.24. The Morgan fingerprint density at radius 1 is 1.32 bits per heavy atom. The number of hydrogen-bond acceptors (Lipinski definition) is 3. The minimum atomic E-state index is -0.841. The monoisotopic (exact) mass is 266 g/mol. The van der Waals surface area contributed by atoms with Gasteiger partial charge >= 0.3 is 5.97 Å². The van der Waals surface area contributed by atoms with E-state index in [0.717, 1.165) is 49.1 Å². The maximum atomic E-state index is 10.9. The summed E-state index contributed by atoms with van der Waals surface area (Å²) in [5.74, 6) is -0.841. The normalized spacial score (nSPS) is 24.2. The zero-order valence-electron chi connectivity index (χ0n) is 11.6. The topological polar surface area (TPSA) is 75.3 Å². The lowest BCUT2D eigenvalue weighted by Gasteiger charge is -2.22. The Morgan fingerprint density at radius 2 is 2.00 bits per heavy atom. The molecule has 1 saturated carbocycles. The lowest BCUT2D eigenvalue weighted by Crippen LogP contribution is -2.25. The van der Waals surface area contributed by atoms with Gasteiger partial charge < -0.3 is 10.2 Å². The molecular weight excluding hydrogens is 244 g/mol. The third-order valence-corrected chi connectivity index (χ3v) is 4.06. The zero-order chi connectivity index (χ0) is 14.0. The summed E-state index contributed by atoms with van der Waals surface area (Å²) >= 11 is 0. The minimum Gasteiger partial charge on any atom is -0.481 e. The van der Waals surface area contributed by atoms with Crippen molar-refractivity contribution in [2.75, 3.05) is 0 Å². The first-order chi connectivity index (χ1) is 9.00. The van der Waals surface area contributed by atoms with Gasteiger partial charge in [-0.05, 0) is 26.7 Å². The number of aliphatic hydroxyl groups is 1. The largest absolute Gasteiger partial charge is 0.481 e. The Labute approximate surface area is 113 Å². The third-order valence-electron chi connectivity index (χ3n) is 4.06. The highest BCUT2D eigenvalue weighted by atomic mass is 16.4. The molecule has 0 aliphatic heterocycles. The molecule has 0 saturated heterocycles. The molecule has 0 amide bonds. The van der Waals surface area contributed by atoms with E-state index in [1.807, 2.05) is 18.5 Å². The number of hydrogen-bond donors (Lipinski definition) is 2. The van der Waals surface area contributed by atoms with Gasteiger partial charge in [0.2, 0.25) is 0 Å². The van der Waals surface area contributed by atoms with Crippen LogP contribution in [0.15, 0.2) is 0 Å². The van der Waals surface area contributed by atoms with Crippen LogP contribution in [0, 0.1) is 13.8 Å². The lowest BCUT2D eigenvalue weighted by molar-refractivity contribution is -0.136. The summed E-state index contributed by atoms with van der Waals surface area (Å²) in [5, 5.41) is 23.6. The molecule has 2 rings (SSSR count). The van der Waals surface area contributed by atoms with Crippen molar-refractivity contribution in [1.82, 2.24) is 9.78 Å². The van der Waals surface area contributed by atoms with Crippen molar-refractivity contribution in [3.63, 3.8) is 0 Å². The van der Waals surface area contributed by atoms with Crippen LogP contribution in [-0.2, 0) is 11.2 Å². The molecule has 2 atom stereocenters. The summed E-state index contributed by atoms with van der Waals surface area (Å²) in [6.45, 7) is 3.74. The molecule has 0 bridgehead atoms. The van der Waals surface area contributed by atoms with Gasteiger partial charge in [0.1, 0.15) is 0 Å². The molecule has 1 aliphatic rings. The van der Waals surface area contributed by atoms with Crippen LogP contribution < -0.4 is 0 Å². The number of rotatable bonds is 3. The van der Waals surface area contributed by atoms with E-state index in [2.05, 4.69) is 5.10 Å². The number of carbonyl (C=O) groups is 1. The highest BCUT2D eigenvalue weighted by molar-refractivity contribution is 5.70. The van der Waals surface area contributed by atoms with E-state index in [-0.39, 0.29) is 18.6 Å². The Bertz CT molecular complexity index is 468. The van der Waals surface area contributed by atoms with E-state index in [1.165, 1.54) is 0 Å². The van der Waals surface area contributed by atoms with E-state index in [9.17, 15) is 9.90 Å². The highest BCUT2D eigenvalue weighted by Crippen LogP contribution is 2.29. The number of carboxylic acid groups (broad SMARTS) is 1. The smallest absolute Gasteiger partial charge is 0.307 e. The Hall–Kier alpha value is -1.36. The molecule has 0 radical (unpaired) electrons. The van der Waals surface area contributed by atoms with Crippen LogP contribution in [0.2, 0.25) is 0 Å². The first-order valence-electron chi connectivity index (χ1n) is 6.95. The van der Waals surface area contributed by atoms with Crippen LogP contribution in [0.1, 0.15) is 55.1 Å². The molecule has 1 fully saturated rings. The molecular formula is C14H22N2O3. The SMILES string of the molecule is Cc1nn(C2CCCCCC2O)c(C)c1CC(=O)O. The number of aliphatic hydroxyl groups excluding tert-OH is 1. The fraction of sp³-hybridized carbons (Fsp3) is 0.714. The summed E-state index contributed by atoms with van der Waals surface area (Å²) < 4.78 is 1.85. The molecule has 2 unspecified atom stereocenters. The molecule has 0 aromatic carbocycles. The number of aromatic nitrogens is 2. The van der Waals surface area contributed by atoms with Crippen LogP contribution >= 0.6 is 0 Å². The zero-order valence-corrected chi connectivity index (χ0v) is 11.6. The van der Waals surface area contributed by atoms with Gasteiger partial charge in [-0.2, -0.15) is 5.10 Å². The Morgan fingerprint density at radius 3 is 2.68 bits per heavy atom.